The fraction of sp³-hybridized carbons (Fsp3) is 0.364. The van der Waals surface area contributed by atoms with Crippen LogP contribution < -0.4 is 5.73 Å². The van der Waals surface area contributed by atoms with Gasteiger partial charge in [-0.2, -0.15) is 0 Å². The van der Waals surface area contributed by atoms with E-state index < -0.39 is 5.97 Å². The molecule has 3 nitrogen and oxygen atoms in total. The van der Waals surface area contributed by atoms with Crippen molar-refractivity contribution in [2.75, 3.05) is 0 Å². The molecular formula is C11H14FNO2. The first-order valence-electron chi connectivity index (χ1n) is 4.82. The molecule has 0 saturated carbocycles. The first-order valence-corrected chi connectivity index (χ1v) is 4.82. The van der Waals surface area contributed by atoms with Crippen LogP contribution >= 0.6 is 0 Å². The molecule has 1 unspecified atom stereocenters. The number of carboxylic acid groups (broad SMARTS) is 1. The molecule has 0 spiro atoms. The average Bonchev–Trinajstić information content (AvgIpc) is 2.17. The monoisotopic (exact) mass is 211 g/mol. The first-order chi connectivity index (χ1) is 7.09. The van der Waals surface area contributed by atoms with Crippen LogP contribution in [-0.4, -0.2) is 11.1 Å². The van der Waals surface area contributed by atoms with Crippen LogP contribution in [0.1, 0.15) is 30.9 Å². The molecular weight excluding hydrogens is 197 g/mol. The number of benzene rings is 1. The number of carbonyl (C=O) groups is 1. The summed E-state index contributed by atoms with van der Waals surface area (Å²) in [6, 6.07) is 5.79. The number of hydrogen-bond donors (Lipinski definition) is 2. The van der Waals surface area contributed by atoms with Crippen molar-refractivity contribution in [2.45, 2.75) is 25.3 Å². The summed E-state index contributed by atoms with van der Waals surface area (Å²) in [5, 5.41) is 8.44. The van der Waals surface area contributed by atoms with Gasteiger partial charge in [-0.05, 0) is 30.5 Å². The van der Waals surface area contributed by atoms with Gasteiger partial charge in [0.2, 0.25) is 0 Å². The number of aliphatic carboxylic acids is 1. The van der Waals surface area contributed by atoms with Gasteiger partial charge >= 0.3 is 5.97 Å². The highest BCUT2D eigenvalue weighted by atomic mass is 19.1. The van der Waals surface area contributed by atoms with Gasteiger partial charge in [0.1, 0.15) is 5.82 Å². The van der Waals surface area contributed by atoms with E-state index in [0.717, 1.165) is 0 Å². The van der Waals surface area contributed by atoms with E-state index in [0.29, 0.717) is 18.4 Å². The molecule has 0 saturated heterocycles. The van der Waals surface area contributed by atoms with Crippen molar-refractivity contribution in [3.63, 3.8) is 0 Å². The van der Waals surface area contributed by atoms with E-state index in [9.17, 15) is 9.18 Å². The maximum absolute atomic E-state index is 12.8. The van der Waals surface area contributed by atoms with Crippen LogP contribution in [0.4, 0.5) is 4.39 Å². The number of carboxylic acids is 1. The van der Waals surface area contributed by atoms with Crippen molar-refractivity contribution < 1.29 is 14.3 Å². The Morgan fingerprint density at radius 1 is 1.53 bits per heavy atom. The number of hydrogen-bond acceptors (Lipinski definition) is 2. The van der Waals surface area contributed by atoms with E-state index in [1.807, 2.05) is 0 Å². The van der Waals surface area contributed by atoms with Crippen LogP contribution in [-0.2, 0) is 4.79 Å². The predicted octanol–water partition coefficient (Wildman–Crippen LogP) is 2.08. The van der Waals surface area contributed by atoms with E-state index in [-0.39, 0.29) is 18.3 Å². The van der Waals surface area contributed by atoms with Gasteiger partial charge < -0.3 is 10.8 Å². The van der Waals surface area contributed by atoms with Gasteiger partial charge in [-0.3, -0.25) is 4.79 Å². The molecule has 1 aromatic rings. The van der Waals surface area contributed by atoms with Crippen molar-refractivity contribution in [3.8, 4) is 0 Å². The molecule has 0 aliphatic rings. The maximum atomic E-state index is 12.8. The summed E-state index contributed by atoms with van der Waals surface area (Å²) in [6.45, 7) is 0. The van der Waals surface area contributed by atoms with Gasteiger partial charge in [-0.25, -0.2) is 4.39 Å². The van der Waals surface area contributed by atoms with Crippen molar-refractivity contribution in [1.82, 2.24) is 0 Å². The molecule has 0 amide bonds. The fourth-order valence-electron chi connectivity index (χ4n) is 1.38. The number of rotatable bonds is 5. The molecule has 0 fully saturated rings. The molecule has 82 valence electrons. The quantitative estimate of drug-likeness (QED) is 0.783. The van der Waals surface area contributed by atoms with E-state index in [1.165, 1.54) is 12.1 Å². The lowest BCUT2D eigenvalue weighted by atomic mass is 10.0. The summed E-state index contributed by atoms with van der Waals surface area (Å²) in [5.41, 5.74) is 6.50. The minimum absolute atomic E-state index is 0.100. The van der Waals surface area contributed by atoms with Crippen molar-refractivity contribution in [3.05, 3.63) is 35.6 Å². The Morgan fingerprint density at radius 3 is 2.87 bits per heavy atom. The highest BCUT2D eigenvalue weighted by Crippen LogP contribution is 2.17. The minimum Gasteiger partial charge on any atom is -0.481 e. The maximum Gasteiger partial charge on any atom is 0.303 e. The summed E-state index contributed by atoms with van der Waals surface area (Å²) in [4.78, 5) is 10.3. The lowest BCUT2D eigenvalue weighted by molar-refractivity contribution is -0.137. The highest BCUT2D eigenvalue weighted by Gasteiger charge is 2.07. The third-order valence-corrected chi connectivity index (χ3v) is 2.18. The van der Waals surface area contributed by atoms with Crippen molar-refractivity contribution in [1.29, 1.82) is 0 Å². The standard InChI is InChI=1S/C11H14FNO2/c12-9-4-1-3-8(7-9)10(13)5-2-6-11(14)15/h1,3-4,7,10H,2,5-6,13H2,(H,14,15). The summed E-state index contributed by atoms with van der Waals surface area (Å²) < 4.78 is 12.8. The lowest BCUT2D eigenvalue weighted by Crippen LogP contribution is -2.11. The van der Waals surface area contributed by atoms with Gasteiger partial charge in [0, 0.05) is 12.5 Å². The van der Waals surface area contributed by atoms with Crippen molar-refractivity contribution in [2.24, 2.45) is 5.73 Å². The molecule has 0 aliphatic carbocycles. The fourth-order valence-corrected chi connectivity index (χ4v) is 1.38. The molecule has 0 heterocycles. The van der Waals surface area contributed by atoms with Crippen molar-refractivity contribution >= 4 is 5.97 Å². The summed E-state index contributed by atoms with van der Waals surface area (Å²) >= 11 is 0. The van der Waals surface area contributed by atoms with E-state index in [2.05, 4.69) is 0 Å². The molecule has 15 heavy (non-hydrogen) atoms. The van der Waals surface area contributed by atoms with Gasteiger partial charge in [0.25, 0.3) is 0 Å². The second kappa shape index (κ2) is 5.46. The van der Waals surface area contributed by atoms with E-state index in [1.54, 1.807) is 12.1 Å². The Bertz CT molecular complexity index is 341. The first kappa shape index (κ1) is 11.7. The average molecular weight is 211 g/mol. The normalized spacial score (nSPS) is 12.4. The molecule has 4 heteroatoms. The van der Waals surface area contributed by atoms with Gasteiger partial charge in [0.15, 0.2) is 0 Å². The molecule has 1 atom stereocenters. The molecule has 0 aromatic heterocycles. The van der Waals surface area contributed by atoms with Crippen LogP contribution in [0.25, 0.3) is 0 Å². The summed E-state index contributed by atoms with van der Waals surface area (Å²) in [5.74, 6) is -1.15. The lowest BCUT2D eigenvalue weighted by Gasteiger charge is -2.10. The van der Waals surface area contributed by atoms with E-state index >= 15 is 0 Å². The predicted molar refractivity (Wildman–Crippen MR) is 54.8 cm³/mol. The van der Waals surface area contributed by atoms with Crippen LogP contribution in [0.15, 0.2) is 24.3 Å². The number of halogens is 1. The molecule has 1 rings (SSSR count). The summed E-state index contributed by atoms with van der Waals surface area (Å²) in [6.07, 6.45) is 1.16. The molecule has 0 aliphatic heterocycles. The van der Waals surface area contributed by atoms with Crippen LogP contribution in [0, 0.1) is 5.82 Å². The third-order valence-electron chi connectivity index (χ3n) is 2.18. The highest BCUT2D eigenvalue weighted by molar-refractivity contribution is 5.66. The van der Waals surface area contributed by atoms with Crippen LogP contribution in [0.2, 0.25) is 0 Å². The largest absolute Gasteiger partial charge is 0.481 e. The Kier molecular flexibility index (Phi) is 4.24. The molecule has 0 bridgehead atoms. The topological polar surface area (TPSA) is 63.3 Å². The Hall–Kier alpha value is -1.42. The summed E-state index contributed by atoms with van der Waals surface area (Å²) in [7, 11) is 0. The molecule has 0 radical (unpaired) electrons. The van der Waals surface area contributed by atoms with Crippen LogP contribution in [0.5, 0.6) is 0 Å². The second-order valence-corrected chi connectivity index (χ2v) is 3.45. The second-order valence-electron chi connectivity index (χ2n) is 3.45. The number of nitrogens with two attached hydrogens (primary N) is 1. The zero-order valence-electron chi connectivity index (χ0n) is 8.32. The van der Waals surface area contributed by atoms with Crippen LogP contribution in [0.3, 0.4) is 0 Å². The Labute approximate surface area is 87.7 Å². The zero-order chi connectivity index (χ0) is 11.3. The third kappa shape index (κ3) is 4.08. The molecule has 1 aromatic carbocycles. The van der Waals surface area contributed by atoms with E-state index in [4.69, 9.17) is 10.8 Å². The van der Waals surface area contributed by atoms with Gasteiger partial charge in [-0.1, -0.05) is 12.1 Å². The minimum atomic E-state index is -0.832. The van der Waals surface area contributed by atoms with Gasteiger partial charge in [0.05, 0.1) is 0 Å². The van der Waals surface area contributed by atoms with Gasteiger partial charge in [-0.15, -0.1) is 0 Å². The zero-order valence-corrected chi connectivity index (χ0v) is 8.32. The SMILES string of the molecule is NC(CCCC(=O)O)c1cccc(F)c1. The molecule has 3 N–H and O–H groups in total. The smallest absolute Gasteiger partial charge is 0.303 e. The Balaban J connectivity index is 2.46. The Morgan fingerprint density at radius 2 is 2.27 bits per heavy atom.